The van der Waals surface area contributed by atoms with Crippen LogP contribution in [-0.2, 0) is 0 Å². The molecule has 2 aromatic heterocycles. The van der Waals surface area contributed by atoms with E-state index in [9.17, 15) is 4.79 Å². The summed E-state index contributed by atoms with van der Waals surface area (Å²) in [6, 6.07) is 2.17. The van der Waals surface area contributed by atoms with E-state index < -0.39 is 0 Å². The highest BCUT2D eigenvalue weighted by Gasteiger charge is 2.35. The molecule has 6 heterocycles. The minimum absolute atomic E-state index is 0.0572. The second-order valence-corrected chi connectivity index (χ2v) is 9.73. The first-order valence-electron chi connectivity index (χ1n) is 11.0. The molecular formula is C23H29N5OS. The Hall–Kier alpha value is -1.98. The maximum Gasteiger partial charge on any atom is 0.270 e. The zero-order valence-electron chi connectivity index (χ0n) is 17.6. The van der Waals surface area contributed by atoms with Crippen molar-refractivity contribution in [2.24, 2.45) is 5.92 Å². The number of fused-ring (bicyclic) bond motifs is 4. The standard InChI is InChI=1S/C23H29N5OS/c1-26-9-11-27(12-10-26)6-2-3-18-16-30-22-14-24-20(13-19(18)22)23(29)25-21-15-28-7-4-17(21)5-8-28/h13-14,16-17,21H,4-12,15H2,1H3,(H,25,29). The third kappa shape index (κ3) is 4.23. The predicted octanol–water partition coefficient (Wildman–Crippen LogP) is 1.72. The van der Waals surface area contributed by atoms with E-state index in [4.69, 9.17) is 0 Å². The van der Waals surface area contributed by atoms with Crippen LogP contribution in [0.1, 0.15) is 28.9 Å². The highest BCUT2D eigenvalue weighted by Crippen LogP contribution is 2.28. The molecule has 6 rings (SSSR count). The topological polar surface area (TPSA) is 51.7 Å². The van der Waals surface area contributed by atoms with Crippen molar-refractivity contribution in [2.45, 2.75) is 18.9 Å². The number of amides is 1. The van der Waals surface area contributed by atoms with Gasteiger partial charge in [-0.2, -0.15) is 0 Å². The molecule has 4 aliphatic heterocycles. The van der Waals surface area contributed by atoms with Crippen molar-refractivity contribution in [3.05, 3.63) is 28.9 Å². The van der Waals surface area contributed by atoms with Gasteiger partial charge in [0, 0.05) is 61.3 Å². The lowest BCUT2D eigenvalue weighted by Gasteiger charge is -2.44. The number of nitrogens with one attached hydrogen (secondary N) is 1. The first kappa shape index (κ1) is 20.0. The molecule has 4 saturated heterocycles. The van der Waals surface area contributed by atoms with Gasteiger partial charge in [-0.25, -0.2) is 4.98 Å². The van der Waals surface area contributed by atoms with Crippen LogP contribution in [0.5, 0.6) is 0 Å². The molecule has 7 heteroatoms. The van der Waals surface area contributed by atoms with Gasteiger partial charge in [0.05, 0.1) is 11.2 Å². The van der Waals surface area contributed by atoms with E-state index in [-0.39, 0.29) is 11.9 Å². The Morgan fingerprint density at radius 1 is 1.23 bits per heavy atom. The lowest BCUT2D eigenvalue weighted by atomic mass is 9.84. The molecule has 0 saturated carbocycles. The summed E-state index contributed by atoms with van der Waals surface area (Å²) in [7, 11) is 2.17. The van der Waals surface area contributed by atoms with Gasteiger partial charge in [-0.3, -0.25) is 9.69 Å². The number of hydrogen-bond donors (Lipinski definition) is 1. The van der Waals surface area contributed by atoms with Gasteiger partial charge >= 0.3 is 0 Å². The number of carbonyl (C=O) groups is 1. The molecule has 0 radical (unpaired) electrons. The molecule has 0 aromatic carbocycles. The van der Waals surface area contributed by atoms with Gasteiger partial charge in [0.2, 0.25) is 0 Å². The Morgan fingerprint density at radius 2 is 2.03 bits per heavy atom. The number of hydrogen-bond acceptors (Lipinski definition) is 6. The molecule has 1 N–H and O–H groups in total. The maximum absolute atomic E-state index is 12.9. The van der Waals surface area contributed by atoms with Crippen molar-refractivity contribution >= 4 is 27.3 Å². The molecule has 158 valence electrons. The van der Waals surface area contributed by atoms with Crippen LogP contribution in [0.2, 0.25) is 0 Å². The van der Waals surface area contributed by atoms with Gasteiger partial charge in [-0.15, -0.1) is 11.3 Å². The highest BCUT2D eigenvalue weighted by atomic mass is 32.1. The van der Waals surface area contributed by atoms with E-state index in [1.807, 2.05) is 12.3 Å². The van der Waals surface area contributed by atoms with Crippen molar-refractivity contribution < 1.29 is 4.79 Å². The van der Waals surface area contributed by atoms with Crippen LogP contribution in [0.15, 0.2) is 17.6 Å². The van der Waals surface area contributed by atoms with Gasteiger partial charge in [-0.1, -0.05) is 11.8 Å². The number of carbonyl (C=O) groups excluding carboxylic acids is 1. The summed E-state index contributed by atoms with van der Waals surface area (Å²) in [4.78, 5) is 24.5. The SMILES string of the molecule is CN1CCN(CC#Cc2csc3cnc(C(=O)NC4CN5CCC4CC5)cc23)CC1. The predicted molar refractivity (Wildman–Crippen MR) is 121 cm³/mol. The normalized spacial score (nSPS) is 27.0. The summed E-state index contributed by atoms with van der Waals surface area (Å²) >= 11 is 1.64. The van der Waals surface area contributed by atoms with Gasteiger partial charge in [-0.05, 0) is 45.0 Å². The van der Waals surface area contributed by atoms with E-state index in [2.05, 4.69) is 49.3 Å². The molecule has 4 aliphatic rings. The molecule has 2 bridgehead atoms. The Balaban J connectivity index is 1.27. The molecule has 1 amide bonds. The second kappa shape index (κ2) is 8.64. The second-order valence-electron chi connectivity index (χ2n) is 8.81. The number of aromatic nitrogens is 1. The third-order valence-electron chi connectivity index (χ3n) is 6.79. The molecule has 0 aliphatic carbocycles. The first-order valence-corrected chi connectivity index (χ1v) is 11.8. The number of piperazine rings is 1. The van der Waals surface area contributed by atoms with E-state index >= 15 is 0 Å². The summed E-state index contributed by atoms with van der Waals surface area (Å²) < 4.78 is 1.08. The van der Waals surface area contributed by atoms with Crippen LogP contribution in [0.4, 0.5) is 0 Å². The minimum Gasteiger partial charge on any atom is -0.346 e. The van der Waals surface area contributed by atoms with Crippen molar-refractivity contribution in [3.63, 3.8) is 0 Å². The highest BCUT2D eigenvalue weighted by molar-refractivity contribution is 7.17. The smallest absolute Gasteiger partial charge is 0.270 e. The summed E-state index contributed by atoms with van der Waals surface area (Å²) in [5.41, 5.74) is 1.50. The van der Waals surface area contributed by atoms with Crippen LogP contribution in [0.25, 0.3) is 10.1 Å². The fourth-order valence-electron chi connectivity index (χ4n) is 4.78. The Labute approximate surface area is 182 Å². The van der Waals surface area contributed by atoms with E-state index in [0.717, 1.165) is 54.9 Å². The van der Waals surface area contributed by atoms with Crippen LogP contribution < -0.4 is 5.32 Å². The number of likely N-dealkylation sites (N-methyl/N-ethyl adjacent to an activating group) is 1. The van der Waals surface area contributed by atoms with Crippen LogP contribution in [-0.4, -0.2) is 91.0 Å². The number of thiophene rings is 1. The van der Waals surface area contributed by atoms with E-state index in [0.29, 0.717) is 11.6 Å². The van der Waals surface area contributed by atoms with Crippen LogP contribution in [0.3, 0.4) is 0 Å². The molecule has 0 spiro atoms. The number of rotatable bonds is 3. The van der Waals surface area contributed by atoms with Crippen molar-refractivity contribution in [1.29, 1.82) is 0 Å². The maximum atomic E-state index is 12.9. The fourth-order valence-corrected chi connectivity index (χ4v) is 5.62. The Bertz CT molecular complexity index is 976. The number of piperidine rings is 3. The molecule has 1 unspecified atom stereocenters. The van der Waals surface area contributed by atoms with Gasteiger partial charge in [0.15, 0.2) is 0 Å². The quantitative estimate of drug-likeness (QED) is 0.762. The van der Waals surface area contributed by atoms with Crippen molar-refractivity contribution in [1.82, 2.24) is 25.0 Å². The fraction of sp³-hybridized carbons (Fsp3) is 0.565. The van der Waals surface area contributed by atoms with Gasteiger partial charge in [0.25, 0.3) is 5.91 Å². The van der Waals surface area contributed by atoms with Gasteiger partial charge < -0.3 is 15.1 Å². The Kier molecular flexibility index (Phi) is 5.74. The lowest BCUT2D eigenvalue weighted by molar-refractivity contribution is 0.0618. The van der Waals surface area contributed by atoms with Crippen molar-refractivity contribution in [3.8, 4) is 11.8 Å². The average Bonchev–Trinajstić information content (AvgIpc) is 3.18. The number of pyridine rings is 1. The summed E-state index contributed by atoms with van der Waals surface area (Å²) in [5, 5.41) is 6.37. The zero-order valence-corrected chi connectivity index (χ0v) is 18.4. The Morgan fingerprint density at radius 3 is 2.77 bits per heavy atom. The zero-order chi connectivity index (χ0) is 20.5. The summed E-state index contributed by atoms with van der Waals surface area (Å²) in [5.74, 6) is 7.22. The monoisotopic (exact) mass is 423 g/mol. The molecule has 6 nitrogen and oxygen atoms in total. The third-order valence-corrected chi connectivity index (χ3v) is 7.72. The van der Waals surface area contributed by atoms with Crippen LogP contribution >= 0.6 is 11.3 Å². The molecule has 2 aromatic rings. The van der Waals surface area contributed by atoms with Crippen LogP contribution in [0, 0.1) is 17.8 Å². The summed E-state index contributed by atoms with van der Waals surface area (Å²) in [6.07, 6.45) is 4.20. The number of nitrogens with zero attached hydrogens (tertiary/aromatic N) is 4. The average molecular weight is 424 g/mol. The first-order chi connectivity index (χ1) is 14.7. The molecule has 1 atom stereocenters. The van der Waals surface area contributed by atoms with E-state index in [1.54, 1.807) is 11.3 Å². The van der Waals surface area contributed by atoms with E-state index in [1.165, 1.54) is 25.9 Å². The lowest BCUT2D eigenvalue weighted by Crippen LogP contribution is -2.57. The van der Waals surface area contributed by atoms with Gasteiger partial charge in [0.1, 0.15) is 5.69 Å². The molecular weight excluding hydrogens is 394 g/mol. The molecule has 30 heavy (non-hydrogen) atoms. The minimum atomic E-state index is -0.0572. The molecule has 4 fully saturated rings. The van der Waals surface area contributed by atoms with Crippen molar-refractivity contribution in [2.75, 3.05) is 59.4 Å². The summed E-state index contributed by atoms with van der Waals surface area (Å²) in [6.45, 7) is 8.47. The largest absolute Gasteiger partial charge is 0.346 e.